The topological polar surface area (TPSA) is 69.2 Å². The third kappa shape index (κ3) is 22.7. The quantitative estimate of drug-likeness (QED) is 0.0933. The van der Waals surface area contributed by atoms with Gasteiger partial charge in [0.1, 0.15) is 0 Å². The first kappa shape index (κ1) is 56.8. The average Bonchev–Trinajstić information content (AvgIpc) is 3.34. The van der Waals surface area contributed by atoms with Crippen molar-refractivity contribution in [2.75, 3.05) is 0 Å². The molecule has 0 aliphatic rings. The second-order valence-electron chi connectivity index (χ2n) is 12.1. The highest BCUT2D eigenvalue weighted by molar-refractivity contribution is 5.68. The normalized spacial score (nSPS) is 9.08. The zero-order valence-corrected chi connectivity index (χ0v) is 39.5. The maximum atomic E-state index is 10.7. The van der Waals surface area contributed by atoms with Gasteiger partial charge in [-0.2, -0.15) is 0 Å². The molecule has 6 rings (SSSR count). The molecule has 0 radical (unpaired) electrons. The minimum atomic E-state index is -0.283. The van der Waals surface area contributed by atoms with E-state index in [0.29, 0.717) is 6.54 Å². The van der Waals surface area contributed by atoms with E-state index in [4.69, 9.17) is 5.73 Å². The maximum Gasteiger partial charge on any atom is 0.228 e. The van der Waals surface area contributed by atoms with E-state index in [9.17, 15) is 10.1 Å². The summed E-state index contributed by atoms with van der Waals surface area (Å²) in [5.41, 5.74) is 18.2. The average molecular weight is 813 g/mol. The first-order valence-corrected chi connectivity index (χ1v) is 22.8. The van der Waals surface area contributed by atoms with Crippen molar-refractivity contribution in [2.24, 2.45) is 5.73 Å². The molecule has 0 atom stereocenters. The Hall–Kier alpha value is -5.32. The summed E-state index contributed by atoms with van der Waals surface area (Å²) >= 11 is 0. The van der Waals surface area contributed by atoms with Crippen molar-refractivity contribution in [1.82, 2.24) is 0 Å². The van der Waals surface area contributed by atoms with Crippen LogP contribution in [0, 0.1) is 10.1 Å². The van der Waals surface area contributed by atoms with Crippen LogP contribution in [0.4, 0.5) is 0 Å². The van der Waals surface area contributed by atoms with E-state index in [1.54, 1.807) is 0 Å². The highest BCUT2D eigenvalue weighted by Gasteiger charge is 2.07. The van der Waals surface area contributed by atoms with Crippen LogP contribution in [-0.4, -0.2) is 4.92 Å². The number of nitro groups is 1. The predicted octanol–water partition coefficient (Wildman–Crippen LogP) is 16.5. The SMILES string of the molecule is CC.CC.CC.CC.CC.CC.NCc1cccc(CCCc2ccccc2-c2ccccc2)c1.O=[N+]([O-])Cc1cccc(CCCc2ccccc2-c2ccccc2)c1. The number of benzene rings is 6. The summed E-state index contributed by atoms with van der Waals surface area (Å²) in [6, 6.07) is 54.7. The standard InChI is InChI=1S/C22H21NO2.C22H23N.6C2H6/c24-23(25)17-19-10-6-8-18(16-19)9-7-14-21-13-4-5-15-22(21)20-11-2-1-3-12-20;23-17-19-10-6-8-18(16-19)9-7-14-21-13-4-5-15-22(21)20-11-2-1-3-12-20;6*1-2/h1-6,8,10-13,15-16H,7,9,14,17H2;1-6,8,10-13,15-16H,7,9,14,17,23H2;6*1-2H3. The summed E-state index contributed by atoms with van der Waals surface area (Å²) in [4.78, 5) is 10.4. The van der Waals surface area contributed by atoms with Gasteiger partial charge < -0.3 is 5.73 Å². The van der Waals surface area contributed by atoms with Crippen LogP contribution >= 0.6 is 0 Å². The second-order valence-corrected chi connectivity index (χ2v) is 12.1. The summed E-state index contributed by atoms with van der Waals surface area (Å²) in [6.45, 7) is 24.5. The molecule has 4 nitrogen and oxygen atoms in total. The zero-order valence-electron chi connectivity index (χ0n) is 39.5. The Morgan fingerprint density at radius 1 is 0.400 bits per heavy atom. The van der Waals surface area contributed by atoms with E-state index in [1.807, 2.05) is 113 Å². The van der Waals surface area contributed by atoms with Gasteiger partial charge in [-0.3, -0.25) is 10.1 Å². The number of rotatable bonds is 13. The fourth-order valence-electron chi connectivity index (χ4n) is 6.19. The van der Waals surface area contributed by atoms with Gasteiger partial charge in [-0.15, -0.1) is 0 Å². The molecule has 0 aliphatic carbocycles. The lowest BCUT2D eigenvalue weighted by atomic mass is 9.95. The molecule has 0 heterocycles. The fraction of sp³-hybridized carbons (Fsp3) is 0.357. The Bertz CT molecular complexity index is 1870. The molecule has 0 saturated heterocycles. The molecular formula is C56H80N2O2. The Morgan fingerprint density at radius 2 is 0.733 bits per heavy atom. The molecule has 326 valence electrons. The van der Waals surface area contributed by atoms with Gasteiger partial charge in [-0.05, 0) is 94.7 Å². The third-order valence-corrected chi connectivity index (χ3v) is 8.56. The Balaban J connectivity index is 0. The molecule has 0 aromatic heterocycles. The molecule has 2 N–H and O–H groups in total. The largest absolute Gasteiger partial charge is 0.326 e. The Kier molecular flexibility index (Phi) is 37.1. The first-order valence-electron chi connectivity index (χ1n) is 22.8. The third-order valence-electron chi connectivity index (χ3n) is 8.56. The Morgan fingerprint density at radius 3 is 1.12 bits per heavy atom. The van der Waals surface area contributed by atoms with E-state index < -0.39 is 0 Å². The second kappa shape index (κ2) is 39.2. The van der Waals surface area contributed by atoms with Gasteiger partial charge in [0.25, 0.3) is 0 Å². The van der Waals surface area contributed by atoms with Crippen LogP contribution < -0.4 is 5.73 Å². The Labute approximate surface area is 367 Å². The predicted molar refractivity (Wildman–Crippen MR) is 267 cm³/mol. The van der Waals surface area contributed by atoms with Gasteiger partial charge in [0.05, 0.1) is 0 Å². The number of aryl methyl sites for hydroxylation is 4. The molecule has 60 heavy (non-hydrogen) atoms. The monoisotopic (exact) mass is 813 g/mol. The lowest BCUT2D eigenvalue weighted by Gasteiger charge is -2.10. The van der Waals surface area contributed by atoms with Gasteiger partial charge in [0, 0.05) is 17.0 Å². The van der Waals surface area contributed by atoms with Gasteiger partial charge >= 0.3 is 0 Å². The minimum absolute atomic E-state index is 0.106. The van der Waals surface area contributed by atoms with Crippen LogP contribution in [0.5, 0.6) is 0 Å². The summed E-state index contributed by atoms with van der Waals surface area (Å²) in [6.07, 6.45) is 6.28. The van der Waals surface area contributed by atoms with Crippen LogP contribution in [0.3, 0.4) is 0 Å². The van der Waals surface area contributed by atoms with E-state index >= 15 is 0 Å². The summed E-state index contributed by atoms with van der Waals surface area (Å²) in [5, 5.41) is 10.7. The van der Waals surface area contributed by atoms with Crippen LogP contribution in [0.15, 0.2) is 158 Å². The lowest BCUT2D eigenvalue weighted by molar-refractivity contribution is -0.496. The highest BCUT2D eigenvalue weighted by Crippen LogP contribution is 2.26. The van der Waals surface area contributed by atoms with Crippen molar-refractivity contribution < 1.29 is 4.92 Å². The summed E-state index contributed by atoms with van der Waals surface area (Å²) < 4.78 is 0. The first-order chi connectivity index (χ1) is 29.6. The zero-order chi connectivity index (χ0) is 45.4. The van der Waals surface area contributed by atoms with E-state index in [2.05, 4.69) is 127 Å². The van der Waals surface area contributed by atoms with Crippen molar-refractivity contribution in [3.05, 3.63) is 201 Å². The van der Waals surface area contributed by atoms with Crippen molar-refractivity contribution in [2.45, 2.75) is 135 Å². The van der Waals surface area contributed by atoms with Crippen LogP contribution in [0.1, 0.15) is 129 Å². The number of nitrogens with zero attached hydrogens (tertiary/aromatic N) is 1. The van der Waals surface area contributed by atoms with Crippen LogP contribution in [0.25, 0.3) is 22.3 Å². The molecule has 0 bridgehead atoms. The van der Waals surface area contributed by atoms with E-state index in [1.165, 1.54) is 44.5 Å². The smallest absolute Gasteiger partial charge is 0.228 e. The summed E-state index contributed by atoms with van der Waals surface area (Å²) in [5.74, 6) is 0. The minimum Gasteiger partial charge on any atom is -0.326 e. The number of hydrogen-bond acceptors (Lipinski definition) is 3. The molecule has 6 aromatic rings. The molecule has 4 heteroatoms. The van der Waals surface area contributed by atoms with Gasteiger partial charge in [-0.25, -0.2) is 0 Å². The highest BCUT2D eigenvalue weighted by atomic mass is 16.6. The maximum absolute atomic E-state index is 10.7. The van der Waals surface area contributed by atoms with Crippen LogP contribution in [-0.2, 0) is 38.8 Å². The van der Waals surface area contributed by atoms with Crippen LogP contribution in [0.2, 0.25) is 0 Å². The van der Waals surface area contributed by atoms with Crippen molar-refractivity contribution in [1.29, 1.82) is 0 Å². The molecule has 0 aliphatic heterocycles. The van der Waals surface area contributed by atoms with Crippen molar-refractivity contribution >= 4 is 0 Å². The fourth-order valence-corrected chi connectivity index (χ4v) is 6.19. The van der Waals surface area contributed by atoms with Gasteiger partial charge in [0.15, 0.2) is 0 Å². The number of hydrogen-bond donors (Lipinski definition) is 1. The molecule has 0 unspecified atom stereocenters. The van der Waals surface area contributed by atoms with E-state index in [0.717, 1.165) is 49.7 Å². The molecule has 0 spiro atoms. The van der Waals surface area contributed by atoms with Gasteiger partial charge in [-0.1, -0.05) is 235 Å². The summed E-state index contributed by atoms with van der Waals surface area (Å²) in [7, 11) is 0. The van der Waals surface area contributed by atoms with Crippen molar-refractivity contribution in [3.8, 4) is 22.3 Å². The van der Waals surface area contributed by atoms with Crippen molar-refractivity contribution in [3.63, 3.8) is 0 Å². The number of nitrogens with two attached hydrogens (primary N) is 1. The molecular weight excluding hydrogens is 733 g/mol. The molecule has 0 saturated carbocycles. The lowest BCUT2D eigenvalue weighted by Crippen LogP contribution is -1.99. The molecule has 6 aromatic carbocycles. The molecule has 0 amide bonds. The molecule has 0 fully saturated rings. The van der Waals surface area contributed by atoms with E-state index in [-0.39, 0.29) is 11.5 Å². The van der Waals surface area contributed by atoms with Gasteiger partial charge in [0.2, 0.25) is 6.54 Å².